The number of ether oxygens (including phenoxy) is 1. The van der Waals surface area contributed by atoms with Crippen LogP contribution in [0.2, 0.25) is 0 Å². The van der Waals surface area contributed by atoms with Crippen molar-refractivity contribution in [2.45, 2.75) is 39.3 Å². The molecule has 2 unspecified atom stereocenters. The van der Waals surface area contributed by atoms with Gasteiger partial charge >= 0.3 is 0 Å². The topological polar surface area (TPSA) is 58.6 Å². The van der Waals surface area contributed by atoms with Crippen molar-refractivity contribution in [1.29, 1.82) is 0 Å². The maximum Gasteiger partial charge on any atom is 0.258 e. The van der Waals surface area contributed by atoms with E-state index in [4.69, 9.17) is 4.74 Å². The molecule has 1 rings (SSSR count). The lowest BCUT2D eigenvalue weighted by Gasteiger charge is -2.15. The van der Waals surface area contributed by atoms with E-state index >= 15 is 0 Å². The standard InChI is InChI=1S/C14H20FNO3/c1-4-9(2)16-14(18)8-19-13-6-5-11(15)7-12(13)10(3)17/h5-7,9-10,17H,4,8H2,1-3H3,(H,16,18). The Balaban J connectivity index is 2.65. The van der Waals surface area contributed by atoms with Gasteiger partial charge in [0.2, 0.25) is 0 Å². The van der Waals surface area contributed by atoms with Gasteiger partial charge in [0.1, 0.15) is 11.6 Å². The zero-order valence-electron chi connectivity index (χ0n) is 11.4. The molecule has 0 bridgehead atoms. The van der Waals surface area contributed by atoms with Gasteiger partial charge < -0.3 is 15.2 Å². The lowest BCUT2D eigenvalue weighted by molar-refractivity contribution is -0.123. The number of hydrogen-bond acceptors (Lipinski definition) is 3. The summed E-state index contributed by atoms with van der Waals surface area (Å²) >= 11 is 0. The van der Waals surface area contributed by atoms with Gasteiger partial charge in [0.25, 0.3) is 5.91 Å². The van der Waals surface area contributed by atoms with E-state index in [1.807, 2.05) is 13.8 Å². The van der Waals surface area contributed by atoms with E-state index in [1.165, 1.54) is 25.1 Å². The van der Waals surface area contributed by atoms with Crippen molar-refractivity contribution in [3.05, 3.63) is 29.6 Å². The van der Waals surface area contributed by atoms with Gasteiger partial charge in [-0.15, -0.1) is 0 Å². The summed E-state index contributed by atoms with van der Waals surface area (Å²) in [5, 5.41) is 12.3. The molecule has 1 amide bonds. The molecule has 0 aliphatic rings. The Hall–Kier alpha value is -1.62. The minimum atomic E-state index is -0.858. The summed E-state index contributed by atoms with van der Waals surface area (Å²) in [5.74, 6) is -0.377. The Labute approximate surface area is 112 Å². The van der Waals surface area contributed by atoms with Crippen LogP contribution in [0.4, 0.5) is 4.39 Å². The first-order valence-corrected chi connectivity index (χ1v) is 6.33. The molecule has 0 spiro atoms. The first-order chi connectivity index (χ1) is 8.93. The average molecular weight is 269 g/mol. The number of rotatable bonds is 6. The highest BCUT2D eigenvalue weighted by Crippen LogP contribution is 2.25. The maximum atomic E-state index is 13.1. The van der Waals surface area contributed by atoms with Crippen LogP contribution in [0.1, 0.15) is 38.9 Å². The summed E-state index contributed by atoms with van der Waals surface area (Å²) in [4.78, 5) is 11.6. The smallest absolute Gasteiger partial charge is 0.258 e. The van der Waals surface area contributed by atoms with E-state index in [-0.39, 0.29) is 18.6 Å². The van der Waals surface area contributed by atoms with Crippen LogP contribution in [-0.4, -0.2) is 23.7 Å². The Bertz CT molecular complexity index is 435. The van der Waals surface area contributed by atoms with Crippen LogP contribution in [0, 0.1) is 5.82 Å². The van der Waals surface area contributed by atoms with Crippen molar-refractivity contribution in [1.82, 2.24) is 5.32 Å². The van der Waals surface area contributed by atoms with Gasteiger partial charge in [-0.05, 0) is 38.5 Å². The molecule has 0 radical (unpaired) electrons. The van der Waals surface area contributed by atoms with E-state index < -0.39 is 11.9 Å². The zero-order chi connectivity index (χ0) is 14.4. The molecule has 0 saturated carbocycles. The van der Waals surface area contributed by atoms with Crippen LogP contribution in [0.15, 0.2) is 18.2 Å². The summed E-state index contributed by atoms with van der Waals surface area (Å²) in [5.41, 5.74) is 0.330. The summed E-state index contributed by atoms with van der Waals surface area (Å²) in [6, 6.07) is 3.93. The Morgan fingerprint density at radius 2 is 2.16 bits per heavy atom. The van der Waals surface area contributed by atoms with Crippen LogP contribution in [0.5, 0.6) is 5.75 Å². The van der Waals surface area contributed by atoms with Crippen LogP contribution in [-0.2, 0) is 4.79 Å². The van der Waals surface area contributed by atoms with E-state index in [0.717, 1.165) is 6.42 Å². The van der Waals surface area contributed by atoms with Crippen LogP contribution in [0.3, 0.4) is 0 Å². The predicted molar refractivity (Wildman–Crippen MR) is 70.4 cm³/mol. The van der Waals surface area contributed by atoms with E-state index in [9.17, 15) is 14.3 Å². The van der Waals surface area contributed by atoms with Gasteiger partial charge in [-0.1, -0.05) is 6.92 Å². The molecular weight excluding hydrogens is 249 g/mol. The van der Waals surface area contributed by atoms with E-state index in [0.29, 0.717) is 11.3 Å². The van der Waals surface area contributed by atoms with E-state index in [2.05, 4.69) is 5.32 Å². The highest BCUT2D eigenvalue weighted by atomic mass is 19.1. The van der Waals surface area contributed by atoms with Crippen molar-refractivity contribution in [3.63, 3.8) is 0 Å². The van der Waals surface area contributed by atoms with Crippen molar-refractivity contribution < 1.29 is 19.0 Å². The molecule has 19 heavy (non-hydrogen) atoms. The molecule has 2 atom stereocenters. The molecule has 1 aromatic carbocycles. The Morgan fingerprint density at radius 1 is 1.47 bits per heavy atom. The number of carbonyl (C=O) groups excluding carboxylic acids is 1. The first kappa shape index (κ1) is 15.4. The molecule has 0 aliphatic heterocycles. The highest BCUT2D eigenvalue weighted by Gasteiger charge is 2.12. The fourth-order valence-electron chi connectivity index (χ4n) is 1.54. The molecular formula is C14H20FNO3. The van der Waals surface area contributed by atoms with Crippen molar-refractivity contribution in [3.8, 4) is 5.75 Å². The second kappa shape index (κ2) is 7.09. The number of nitrogens with one attached hydrogen (secondary N) is 1. The summed E-state index contributed by atoms with van der Waals surface area (Å²) in [6.07, 6.45) is -0.0235. The molecule has 106 valence electrons. The molecule has 1 aromatic rings. The molecule has 5 heteroatoms. The number of benzene rings is 1. The number of aliphatic hydroxyl groups is 1. The van der Waals surface area contributed by atoms with E-state index in [1.54, 1.807) is 0 Å². The maximum absolute atomic E-state index is 13.1. The van der Waals surface area contributed by atoms with Crippen LogP contribution < -0.4 is 10.1 Å². The first-order valence-electron chi connectivity index (χ1n) is 6.33. The van der Waals surface area contributed by atoms with Gasteiger partial charge in [-0.25, -0.2) is 4.39 Å². The quantitative estimate of drug-likeness (QED) is 0.832. The van der Waals surface area contributed by atoms with Gasteiger partial charge in [0.15, 0.2) is 6.61 Å². The molecule has 0 aliphatic carbocycles. The number of halogens is 1. The molecule has 0 heterocycles. The number of amides is 1. The van der Waals surface area contributed by atoms with Crippen LogP contribution >= 0.6 is 0 Å². The second-order valence-corrected chi connectivity index (χ2v) is 4.52. The van der Waals surface area contributed by atoms with Gasteiger partial charge in [-0.3, -0.25) is 4.79 Å². The molecule has 0 aromatic heterocycles. The molecule has 0 saturated heterocycles. The third-order valence-electron chi connectivity index (χ3n) is 2.80. The predicted octanol–water partition coefficient (Wildman–Crippen LogP) is 2.17. The van der Waals surface area contributed by atoms with Crippen molar-refractivity contribution >= 4 is 5.91 Å². The Kier molecular flexibility index (Phi) is 5.76. The summed E-state index contributed by atoms with van der Waals surface area (Å²) in [7, 11) is 0. The van der Waals surface area contributed by atoms with Gasteiger partial charge in [-0.2, -0.15) is 0 Å². The lowest BCUT2D eigenvalue weighted by Crippen LogP contribution is -2.35. The zero-order valence-corrected chi connectivity index (χ0v) is 11.4. The number of carbonyl (C=O) groups is 1. The second-order valence-electron chi connectivity index (χ2n) is 4.52. The minimum absolute atomic E-state index is 0.0838. The largest absolute Gasteiger partial charge is 0.483 e. The summed E-state index contributed by atoms with van der Waals surface area (Å²) in [6.45, 7) is 5.23. The third-order valence-corrected chi connectivity index (χ3v) is 2.80. The number of aliphatic hydroxyl groups excluding tert-OH is 1. The van der Waals surface area contributed by atoms with Gasteiger partial charge in [0.05, 0.1) is 6.10 Å². The molecule has 2 N–H and O–H groups in total. The van der Waals surface area contributed by atoms with Crippen molar-refractivity contribution in [2.75, 3.05) is 6.61 Å². The normalized spacial score (nSPS) is 13.7. The fraction of sp³-hybridized carbons (Fsp3) is 0.500. The SMILES string of the molecule is CCC(C)NC(=O)COc1ccc(F)cc1C(C)O. The monoisotopic (exact) mass is 269 g/mol. The minimum Gasteiger partial charge on any atom is -0.483 e. The lowest BCUT2D eigenvalue weighted by atomic mass is 10.1. The summed E-state index contributed by atoms with van der Waals surface area (Å²) < 4.78 is 18.4. The molecule has 4 nitrogen and oxygen atoms in total. The highest BCUT2D eigenvalue weighted by molar-refractivity contribution is 5.77. The average Bonchev–Trinajstić information content (AvgIpc) is 2.36. The number of hydrogen-bond donors (Lipinski definition) is 2. The van der Waals surface area contributed by atoms with Gasteiger partial charge in [0, 0.05) is 11.6 Å². The fourth-order valence-corrected chi connectivity index (χ4v) is 1.54. The van der Waals surface area contributed by atoms with Crippen LogP contribution in [0.25, 0.3) is 0 Å². The van der Waals surface area contributed by atoms with Crippen molar-refractivity contribution in [2.24, 2.45) is 0 Å². The molecule has 0 fully saturated rings. The third kappa shape index (κ3) is 4.87. The Morgan fingerprint density at radius 3 is 2.74 bits per heavy atom.